The van der Waals surface area contributed by atoms with Crippen molar-refractivity contribution < 1.29 is 19.4 Å². The number of aliphatic carboxylic acids is 1. The van der Waals surface area contributed by atoms with E-state index < -0.39 is 23.1 Å². The smallest absolute Gasteiger partial charge is 0.410 e. The monoisotopic (exact) mass is 326 g/mol. The third-order valence-electron chi connectivity index (χ3n) is 3.66. The topological polar surface area (TPSA) is 79.7 Å². The summed E-state index contributed by atoms with van der Waals surface area (Å²) in [5.74, 6) is -0.879. The van der Waals surface area contributed by atoms with Crippen LogP contribution in [0.4, 0.5) is 4.79 Å². The van der Waals surface area contributed by atoms with Crippen molar-refractivity contribution in [2.75, 3.05) is 13.1 Å². The summed E-state index contributed by atoms with van der Waals surface area (Å²) < 4.78 is 5.37. The average molecular weight is 326 g/mol. The van der Waals surface area contributed by atoms with E-state index in [1.165, 1.54) is 16.2 Å². The number of carboxylic acid groups (broad SMARTS) is 1. The SMILES string of the molecule is CC(C)(C)OC(=O)N1CCCC(Cc2nccs2)(C(=O)O)C1. The Labute approximate surface area is 134 Å². The van der Waals surface area contributed by atoms with Crippen molar-refractivity contribution in [1.82, 2.24) is 9.88 Å². The summed E-state index contributed by atoms with van der Waals surface area (Å²) in [5.41, 5.74) is -1.57. The molecule has 0 aliphatic carbocycles. The maximum Gasteiger partial charge on any atom is 0.410 e. The van der Waals surface area contributed by atoms with Gasteiger partial charge in [-0.2, -0.15) is 0 Å². The number of hydrogen-bond donors (Lipinski definition) is 1. The summed E-state index contributed by atoms with van der Waals surface area (Å²) in [5, 5.41) is 12.3. The van der Waals surface area contributed by atoms with Crippen LogP contribution in [0.5, 0.6) is 0 Å². The minimum absolute atomic E-state index is 0.164. The van der Waals surface area contributed by atoms with Gasteiger partial charge in [0.2, 0.25) is 0 Å². The molecule has 1 aliphatic heterocycles. The Bertz CT molecular complexity index is 538. The summed E-state index contributed by atoms with van der Waals surface area (Å²) in [4.78, 5) is 29.8. The molecule has 1 saturated heterocycles. The van der Waals surface area contributed by atoms with Gasteiger partial charge in [-0.1, -0.05) is 0 Å². The Kier molecular flexibility index (Phi) is 4.75. The number of piperidine rings is 1. The van der Waals surface area contributed by atoms with Crippen molar-refractivity contribution in [3.05, 3.63) is 16.6 Å². The highest BCUT2D eigenvalue weighted by Crippen LogP contribution is 2.35. The van der Waals surface area contributed by atoms with E-state index >= 15 is 0 Å². The summed E-state index contributed by atoms with van der Waals surface area (Å²) >= 11 is 1.44. The molecule has 0 spiro atoms. The molecule has 2 heterocycles. The number of carboxylic acids is 1. The van der Waals surface area contributed by atoms with E-state index in [0.717, 1.165) is 5.01 Å². The highest BCUT2D eigenvalue weighted by atomic mass is 32.1. The molecule has 1 N–H and O–H groups in total. The Balaban J connectivity index is 2.14. The van der Waals surface area contributed by atoms with Crippen molar-refractivity contribution >= 4 is 23.4 Å². The standard InChI is InChI=1S/C15H22N2O4S/c1-14(2,3)21-13(20)17-7-4-5-15(10-17,12(18)19)9-11-16-6-8-22-11/h6,8H,4-5,7,9-10H2,1-3H3,(H,18,19). The van der Waals surface area contributed by atoms with Crippen molar-refractivity contribution in [1.29, 1.82) is 0 Å². The predicted octanol–water partition coefficient (Wildman–Crippen LogP) is 2.79. The Hall–Kier alpha value is -1.63. The second-order valence-corrected chi connectivity index (χ2v) is 7.67. The molecule has 1 aromatic heterocycles. The summed E-state index contributed by atoms with van der Waals surface area (Å²) in [6.45, 7) is 6.09. The van der Waals surface area contributed by atoms with E-state index in [0.29, 0.717) is 25.8 Å². The Morgan fingerprint density at radius 2 is 2.23 bits per heavy atom. The van der Waals surface area contributed by atoms with Gasteiger partial charge in [0.1, 0.15) is 5.60 Å². The minimum atomic E-state index is -0.979. The van der Waals surface area contributed by atoms with E-state index in [1.54, 1.807) is 27.0 Å². The number of rotatable bonds is 3. The van der Waals surface area contributed by atoms with E-state index in [-0.39, 0.29) is 6.54 Å². The molecule has 0 radical (unpaired) electrons. The van der Waals surface area contributed by atoms with E-state index in [9.17, 15) is 14.7 Å². The number of ether oxygens (including phenoxy) is 1. The van der Waals surface area contributed by atoms with Crippen LogP contribution < -0.4 is 0 Å². The molecule has 1 aromatic rings. The van der Waals surface area contributed by atoms with Gasteiger partial charge in [0.15, 0.2) is 0 Å². The van der Waals surface area contributed by atoms with Crippen LogP contribution in [0.15, 0.2) is 11.6 Å². The fraction of sp³-hybridized carbons (Fsp3) is 0.667. The molecule has 1 atom stereocenters. The lowest BCUT2D eigenvalue weighted by Gasteiger charge is -2.39. The highest BCUT2D eigenvalue weighted by molar-refractivity contribution is 7.09. The molecule has 22 heavy (non-hydrogen) atoms. The second-order valence-electron chi connectivity index (χ2n) is 6.69. The minimum Gasteiger partial charge on any atom is -0.481 e. The summed E-state index contributed by atoms with van der Waals surface area (Å²) in [6, 6.07) is 0. The van der Waals surface area contributed by atoms with E-state index in [2.05, 4.69) is 4.98 Å². The van der Waals surface area contributed by atoms with Gasteiger partial charge in [0, 0.05) is 31.1 Å². The summed E-state index contributed by atoms with van der Waals surface area (Å²) in [6.07, 6.45) is 2.76. The lowest BCUT2D eigenvalue weighted by atomic mass is 9.77. The predicted molar refractivity (Wildman–Crippen MR) is 82.9 cm³/mol. The zero-order chi connectivity index (χ0) is 16.4. The van der Waals surface area contributed by atoms with Gasteiger partial charge in [-0.15, -0.1) is 11.3 Å². The first kappa shape index (κ1) is 16.7. The van der Waals surface area contributed by atoms with Crippen LogP contribution in [0.3, 0.4) is 0 Å². The van der Waals surface area contributed by atoms with Crippen LogP contribution in [0.2, 0.25) is 0 Å². The Morgan fingerprint density at radius 3 is 2.77 bits per heavy atom. The molecule has 0 saturated carbocycles. The maximum atomic E-state index is 12.2. The second kappa shape index (κ2) is 6.24. The van der Waals surface area contributed by atoms with Crippen LogP contribution in [-0.4, -0.2) is 45.7 Å². The third kappa shape index (κ3) is 3.97. The van der Waals surface area contributed by atoms with Gasteiger partial charge in [0.05, 0.1) is 10.4 Å². The molecule has 2 rings (SSSR count). The molecule has 122 valence electrons. The van der Waals surface area contributed by atoms with Gasteiger partial charge in [-0.3, -0.25) is 4.79 Å². The lowest BCUT2D eigenvalue weighted by Crippen LogP contribution is -2.52. The van der Waals surface area contributed by atoms with Crippen molar-refractivity contribution in [3.63, 3.8) is 0 Å². The maximum absolute atomic E-state index is 12.2. The first-order valence-corrected chi connectivity index (χ1v) is 8.19. The number of nitrogens with zero attached hydrogens (tertiary/aromatic N) is 2. The number of carbonyl (C=O) groups is 2. The number of hydrogen-bond acceptors (Lipinski definition) is 5. The van der Waals surface area contributed by atoms with Crippen LogP contribution in [-0.2, 0) is 16.0 Å². The highest BCUT2D eigenvalue weighted by Gasteiger charge is 2.45. The molecule has 7 heteroatoms. The van der Waals surface area contributed by atoms with Crippen LogP contribution >= 0.6 is 11.3 Å². The van der Waals surface area contributed by atoms with Gasteiger partial charge in [-0.05, 0) is 33.6 Å². The van der Waals surface area contributed by atoms with Gasteiger partial charge in [-0.25, -0.2) is 9.78 Å². The first-order chi connectivity index (χ1) is 10.2. The van der Waals surface area contributed by atoms with E-state index in [4.69, 9.17) is 4.74 Å². The molecular weight excluding hydrogens is 304 g/mol. The zero-order valence-corrected chi connectivity index (χ0v) is 14.0. The van der Waals surface area contributed by atoms with Crippen molar-refractivity contribution in [3.8, 4) is 0 Å². The van der Waals surface area contributed by atoms with Crippen molar-refractivity contribution in [2.24, 2.45) is 5.41 Å². The number of aromatic nitrogens is 1. The van der Waals surface area contributed by atoms with Crippen molar-refractivity contribution in [2.45, 2.75) is 45.6 Å². The first-order valence-electron chi connectivity index (χ1n) is 7.32. The Morgan fingerprint density at radius 1 is 1.50 bits per heavy atom. The molecule has 1 fully saturated rings. The van der Waals surface area contributed by atoms with E-state index in [1.807, 2.05) is 5.38 Å². The lowest BCUT2D eigenvalue weighted by molar-refractivity contribution is -0.152. The number of likely N-dealkylation sites (tertiary alicyclic amines) is 1. The third-order valence-corrected chi connectivity index (χ3v) is 4.43. The van der Waals surface area contributed by atoms with Gasteiger partial charge < -0.3 is 14.7 Å². The molecule has 1 aliphatic rings. The van der Waals surface area contributed by atoms with Gasteiger partial charge in [0.25, 0.3) is 0 Å². The molecule has 1 unspecified atom stereocenters. The normalized spacial score (nSPS) is 22.4. The fourth-order valence-electron chi connectivity index (χ4n) is 2.64. The quantitative estimate of drug-likeness (QED) is 0.924. The molecule has 0 bridgehead atoms. The molecular formula is C15H22N2O4S. The largest absolute Gasteiger partial charge is 0.481 e. The number of thiazole rings is 1. The molecule has 1 amide bonds. The zero-order valence-electron chi connectivity index (χ0n) is 13.2. The fourth-order valence-corrected chi connectivity index (χ4v) is 3.40. The number of amides is 1. The van der Waals surface area contributed by atoms with Crippen LogP contribution in [0, 0.1) is 5.41 Å². The van der Waals surface area contributed by atoms with Crippen LogP contribution in [0.1, 0.15) is 38.6 Å². The molecule has 6 nitrogen and oxygen atoms in total. The van der Waals surface area contributed by atoms with Gasteiger partial charge >= 0.3 is 12.1 Å². The summed E-state index contributed by atoms with van der Waals surface area (Å²) in [7, 11) is 0. The van der Waals surface area contributed by atoms with Crippen LogP contribution in [0.25, 0.3) is 0 Å². The molecule has 0 aromatic carbocycles. The number of carbonyl (C=O) groups excluding carboxylic acids is 1. The average Bonchev–Trinajstić information content (AvgIpc) is 2.89.